The van der Waals surface area contributed by atoms with E-state index < -0.39 is 15.9 Å². The van der Waals surface area contributed by atoms with Gasteiger partial charge in [0, 0.05) is 11.6 Å². The molecule has 1 heterocycles. The zero-order chi connectivity index (χ0) is 19.4. The SMILES string of the molecule is Cc1cc(NC(=O)c2cccc(S(=O)(=O)Nc3ccccc3C#N)c2)no1. The van der Waals surface area contributed by atoms with E-state index in [0.29, 0.717) is 5.76 Å². The Kier molecular flexibility index (Phi) is 4.92. The lowest BCUT2D eigenvalue weighted by atomic mass is 10.2. The molecule has 0 saturated carbocycles. The molecule has 0 aliphatic rings. The smallest absolute Gasteiger partial charge is 0.261 e. The number of nitriles is 1. The molecule has 0 aliphatic carbocycles. The second kappa shape index (κ2) is 7.31. The number of aromatic nitrogens is 1. The average Bonchev–Trinajstić information content (AvgIpc) is 3.06. The number of amides is 1. The largest absolute Gasteiger partial charge is 0.360 e. The van der Waals surface area contributed by atoms with Crippen molar-refractivity contribution in [1.82, 2.24) is 5.16 Å². The number of anilines is 2. The van der Waals surface area contributed by atoms with Crippen LogP contribution in [0.1, 0.15) is 21.7 Å². The Hall–Kier alpha value is -3.64. The first-order valence-electron chi connectivity index (χ1n) is 7.76. The summed E-state index contributed by atoms with van der Waals surface area (Å²) in [6.45, 7) is 1.68. The lowest BCUT2D eigenvalue weighted by molar-refractivity contribution is 0.102. The molecule has 0 atom stereocenters. The average molecular weight is 382 g/mol. The highest BCUT2D eigenvalue weighted by Gasteiger charge is 2.18. The van der Waals surface area contributed by atoms with Crippen molar-refractivity contribution < 1.29 is 17.7 Å². The zero-order valence-electron chi connectivity index (χ0n) is 14.1. The molecule has 0 radical (unpaired) electrons. The predicted molar refractivity (Wildman–Crippen MR) is 97.6 cm³/mol. The van der Waals surface area contributed by atoms with Crippen LogP contribution in [0.25, 0.3) is 0 Å². The van der Waals surface area contributed by atoms with Crippen LogP contribution in [-0.2, 0) is 10.0 Å². The Morgan fingerprint density at radius 3 is 2.63 bits per heavy atom. The fourth-order valence-electron chi connectivity index (χ4n) is 2.29. The Bertz CT molecular complexity index is 1150. The molecule has 9 heteroatoms. The molecule has 0 unspecified atom stereocenters. The summed E-state index contributed by atoms with van der Waals surface area (Å²) >= 11 is 0. The van der Waals surface area contributed by atoms with Crippen molar-refractivity contribution in [2.75, 3.05) is 10.0 Å². The minimum atomic E-state index is -3.99. The highest BCUT2D eigenvalue weighted by atomic mass is 32.2. The van der Waals surface area contributed by atoms with Crippen molar-refractivity contribution in [2.24, 2.45) is 0 Å². The standard InChI is InChI=1S/C18H14N4O4S/c1-12-9-17(21-26-12)20-18(23)13-6-4-7-15(10-13)27(24,25)22-16-8-3-2-5-14(16)11-19/h2-10,22H,1H3,(H,20,21,23). The number of hydrogen-bond donors (Lipinski definition) is 2. The first kappa shape index (κ1) is 18.2. The number of nitrogens with zero attached hydrogens (tertiary/aromatic N) is 2. The van der Waals surface area contributed by atoms with Gasteiger partial charge in [0.05, 0.1) is 16.1 Å². The van der Waals surface area contributed by atoms with Crippen LogP contribution in [0.3, 0.4) is 0 Å². The van der Waals surface area contributed by atoms with Crippen LogP contribution in [0.5, 0.6) is 0 Å². The van der Waals surface area contributed by atoms with Gasteiger partial charge >= 0.3 is 0 Å². The van der Waals surface area contributed by atoms with Gasteiger partial charge in [-0.25, -0.2) is 8.42 Å². The molecule has 3 aromatic rings. The van der Waals surface area contributed by atoms with E-state index in [2.05, 4.69) is 15.2 Å². The van der Waals surface area contributed by atoms with Crippen molar-refractivity contribution in [1.29, 1.82) is 5.26 Å². The third kappa shape index (κ3) is 4.13. The van der Waals surface area contributed by atoms with E-state index in [4.69, 9.17) is 9.78 Å². The van der Waals surface area contributed by atoms with E-state index in [0.717, 1.165) is 0 Å². The van der Waals surface area contributed by atoms with Gasteiger partial charge in [0.25, 0.3) is 15.9 Å². The number of nitrogens with one attached hydrogen (secondary N) is 2. The normalized spacial score (nSPS) is 10.8. The minimum absolute atomic E-state index is 0.112. The van der Waals surface area contributed by atoms with E-state index in [1.165, 1.54) is 36.4 Å². The lowest BCUT2D eigenvalue weighted by Crippen LogP contribution is -2.16. The Morgan fingerprint density at radius 2 is 1.93 bits per heavy atom. The summed E-state index contributed by atoms with van der Waals surface area (Å²) in [5, 5.41) is 15.3. The van der Waals surface area contributed by atoms with Gasteiger partial charge in [0.1, 0.15) is 11.8 Å². The quantitative estimate of drug-likeness (QED) is 0.699. The topological polar surface area (TPSA) is 125 Å². The van der Waals surface area contributed by atoms with Crippen LogP contribution in [0.15, 0.2) is 64.0 Å². The molecule has 136 valence electrons. The molecule has 2 N–H and O–H groups in total. The van der Waals surface area contributed by atoms with Gasteiger partial charge in [-0.15, -0.1) is 0 Å². The molecule has 1 amide bonds. The maximum absolute atomic E-state index is 12.6. The van der Waals surface area contributed by atoms with E-state index in [1.807, 2.05) is 6.07 Å². The van der Waals surface area contributed by atoms with E-state index >= 15 is 0 Å². The van der Waals surface area contributed by atoms with E-state index in [9.17, 15) is 13.2 Å². The summed E-state index contributed by atoms with van der Waals surface area (Å²) in [7, 11) is -3.99. The van der Waals surface area contributed by atoms with Gasteiger partial charge in [-0.1, -0.05) is 23.4 Å². The second-order valence-corrected chi connectivity index (χ2v) is 7.25. The Labute approximate surface area is 155 Å². The first-order chi connectivity index (χ1) is 12.9. The third-order valence-electron chi connectivity index (χ3n) is 3.57. The molecule has 27 heavy (non-hydrogen) atoms. The van der Waals surface area contributed by atoms with Crippen molar-refractivity contribution >= 4 is 27.4 Å². The second-order valence-electron chi connectivity index (χ2n) is 5.57. The number of rotatable bonds is 5. The molecule has 8 nitrogen and oxygen atoms in total. The molecule has 0 spiro atoms. The molecular weight excluding hydrogens is 368 g/mol. The fourth-order valence-corrected chi connectivity index (χ4v) is 3.42. The summed E-state index contributed by atoms with van der Waals surface area (Å²) in [5.41, 5.74) is 0.483. The van der Waals surface area contributed by atoms with Gasteiger partial charge < -0.3 is 9.84 Å². The number of hydrogen-bond acceptors (Lipinski definition) is 6. The number of sulfonamides is 1. The monoisotopic (exact) mass is 382 g/mol. The number of aryl methyl sites for hydroxylation is 1. The van der Waals surface area contributed by atoms with Crippen LogP contribution < -0.4 is 10.0 Å². The van der Waals surface area contributed by atoms with Crippen molar-refractivity contribution in [3.63, 3.8) is 0 Å². The van der Waals surface area contributed by atoms with E-state index in [1.54, 1.807) is 25.1 Å². The van der Waals surface area contributed by atoms with Gasteiger partial charge in [-0.2, -0.15) is 5.26 Å². The zero-order valence-corrected chi connectivity index (χ0v) is 14.9. The molecule has 0 aliphatic heterocycles. The van der Waals surface area contributed by atoms with E-state index in [-0.39, 0.29) is 27.5 Å². The van der Waals surface area contributed by atoms with Crippen molar-refractivity contribution in [2.45, 2.75) is 11.8 Å². The lowest BCUT2D eigenvalue weighted by Gasteiger charge is -2.10. The highest BCUT2D eigenvalue weighted by molar-refractivity contribution is 7.92. The fraction of sp³-hybridized carbons (Fsp3) is 0.0556. The van der Waals surface area contributed by atoms with Crippen LogP contribution in [0, 0.1) is 18.3 Å². The minimum Gasteiger partial charge on any atom is -0.360 e. The summed E-state index contributed by atoms with van der Waals surface area (Å²) in [5.74, 6) is 0.228. The molecule has 0 fully saturated rings. The maximum Gasteiger partial charge on any atom is 0.261 e. The van der Waals surface area contributed by atoms with Crippen molar-refractivity contribution in [3.05, 3.63) is 71.5 Å². The van der Waals surface area contributed by atoms with Crippen LogP contribution in [-0.4, -0.2) is 19.5 Å². The van der Waals surface area contributed by atoms with Gasteiger partial charge in [-0.3, -0.25) is 9.52 Å². The van der Waals surface area contributed by atoms with Crippen LogP contribution in [0.4, 0.5) is 11.5 Å². The van der Waals surface area contributed by atoms with Gasteiger partial charge in [-0.05, 0) is 37.3 Å². The molecule has 3 rings (SSSR count). The summed E-state index contributed by atoms with van der Waals surface area (Å²) in [4.78, 5) is 12.2. The number of benzene rings is 2. The summed E-state index contributed by atoms with van der Waals surface area (Å²) in [6.07, 6.45) is 0. The molecule has 0 bridgehead atoms. The van der Waals surface area contributed by atoms with Gasteiger partial charge in [0.2, 0.25) is 0 Å². The number of carbonyl (C=O) groups excluding carboxylic acids is 1. The maximum atomic E-state index is 12.6. The number of para-hydroxylation sites is 1. The third-order valence-corrected chi connectivity index (χ3v) is 4.93. The molecule has 0 saturated heterocycles. The molecule has 1 aromatic heterocycles. The summed E-state index contributed by atoms with van der Waals surface area (Å²) in [6, 6.07) is 15.2. The van der Waals surface area contributed by atoms with Gasteiger partial charge in [0.15, 0.2) is 5.82 Å². The molecular formula is C18H14N4O4S. The van der Waals surface area contributed by atoms with Crippen LogP contribution >= 0.6 is 0 Å². The highest BCUT2D eigenvalue weighted by Crippen LogP contribution is 2.20. The Morgan fingerprint density at radius 1 is 1.15 bits per heavy atom. The van der Waals surface area contributed by atoms with Crippen LogP contribution in [0.2, 0.25) is 0 Å². The molecule has 2 aromatic carbocycles. The first-order valence-corrected chi connectivity index (χ1v) is 9.24. The van der Waals surface area contributed by atoms with Crippen molar-refractivity contribution in [3.8, 4) is 6.07 Å². The predicted octanol–water partition coefficient (Wildman–Crippen LogP) is 2.91. The summed E-state index contributed by atoms with van der Waals surface area (Å²) < 4.78 is 32.5. The number of carbonyl (C=O) groups is 1. The Balaban J connectivity index is 1.85.